The predicted molar refractivity (Wildman–Crippen MR) is 125 cm³/mol. The highest BCUT2D eigenvalue weighted by Crippen LogP contribution is 2.15. The van der Waals surface area contributed by atoms with E-state index in [1.165, 1.54) is 116 Å². The van der Waals surface area contributed by atoms with Crippen molar-refractivity contribution in [3.8, 4) is 0 Å². The number of carbonyl (C=O) groups excluding carboxylic acids is 1. The molecule has 0 rings (SSSR count). The molecule has 0 radical (unpaired) electrons. The van der Waals surface area contributed by atoms with Crippen LogP contribution in [0.25, 0.3) is 0 Å². The summed E-state index contributed by atoms with van der Waals surface area (Å²) in [4.78, 5) is 11.2. The molecule has 0 spiro atoms. The summed E-state index contributed by atoms with van der Waals surface area (Å²) >= 11 is 1.62. The SMILES string of the molecule is CCCCCCCCCCCCCCCCCCCCCCC(=O)N(O)I. The number of amides is 1. The molecule has 0 saturated heterocycles. The van der Waals surface area contributed by atoms with Crippen LogP contribution in [0.4, 0.5) is 0 Å². The summed E-state index contributed by atoms with van der Waals surface area (Å²) in [6.07, 6.45) is 27.7. The summed E-state index contributed by atoms with van der Waals surface area (Å²) in [5.74, 6) is -0.182. The van der Waals surface area contributed by atoms with Crippen molar-refractivity contribution in [1.82, 2.24) is 3.28 Å². The average molecular weight is 496 g/mol. The van der Waals surface area contributed by atoms with Gasteiger partial charge in [0.15, 0.2) is 0 Å². The van der Waals surface area contributed by atoms with E-state index in [4.69, 9.17) is 5.21 Å². The molecule has 0 unspecified atom stereocenters. The molecule has 0 fully saturated rings. The summed E-state index contributed by atoms with van der Waals surface area (Å²) < 4.78 is 0.674. The average Bonchev–Trinajstić information content (AvgIpc) is 2.66. The van der Waals surface area contributed by atoms with Gasteiger partial charge in [-0.15, -0.1) is 0 Å². The van der Waals surface area contributed by atoms with Crippen molar-refractivity contribution in [3.05, 3.63) is 0 Å². The Balaban J connectivity index is 3.04. The van der Waals surface area contributed by atoms with Crippen LogP contribution in [0.1, 0.15) is 142 Å². The first-order chi connectivity index (χ1) is 13.2. The number of hydrogen-bond donors (Lipinski definition) is 1. The number of hydrogen-bond acceptors (Lipinski definition) is 2. The predicted octanol–water partition coefficient (Wildman–Crippen LogP) is 8.77. The first-order valence-corrected chi connectivity index (χ1v) is 12.8. The Morgan fingerprint density at radius 1 is 0.593 bits per heavy atom. The Morgan fingerprint density at radius 2 is 0.852 bits per heavy atom. The van der Waals surface area contributed by atoms with Gasteiger partial charge < -0.3 is 0 Å². The molecule has 0 aliphatic carbocycles. The smallest absolute Gasteiger partial charge is 0.255 e. The lowest BCUT2D eigenvalue weighted by atomic mass is 10.0. The number of hydroxylamine groups is 1. The highest BCUT2D eigenvalue weighted by atomic mass is 127. The van der Waals surface area contributed by atoms with Crippen LogP contribution in [0.15, 0.2) is 0 Å². The van der Waals surface area contributed by atoms with E-state index in [-0.39, 0.29) is 5.91 Å². The molecule has 0 atom stereocenters. The van der Waals surface area contributed by atoms with Crippen molar-refractivity contribution in [2.75, 3.05) is 0 Å². The number of halogens is 1. The molecule has 27 heavy (non-hydrogen) atoms. The standard InChI is InChI=1S/C23H46INO2/c1-2-3-4-5-6-7-8-9-10-11-12-13-14-15-16-17-18-19-20-21-22-23(26)25(24)27/h27H,2-22H2,1H3. The van der Waals surface area contributed by atoms with Crippen LogP contribution in [0.5, 0.6) is 0 Å². The molecular formula is C23H46INO2. The molecule has 0 aromatic rings. The third-order valence-electron chi connectivity index (χ3n) is 5.45. The third-order valence-corrected chi connectivity index (χ3v) is 5.99. The van der Waals surface area contributed by atoms with Gasteiger partial charge in [-0.1, -0.05) is 129 Å². The molecular weight excluding hydrogens is 449 g/mol. The zero-order chi connectivity index (χ0) is 20.0. The van der Waals surface area contributed by atoms with E-state index >= 15 is 0 Å². The minimum absolute atomic E-state index is 0.182. The summed E-state index contributed by atoms with van der Waals surface area (Å²) in [6, 6.07) is 0. The molecule has 0 heterocycles. The van der Waals surface area contributed by atoms with Gasteiger partial charge in [0.2, 0.25) is 0 Å². The topological polar surface area (TPSA) is 40.5 Å². The molecule has 1 N–H and O–H groups in total. The van der Waals surface area contributed by atoms with Crippen molar-refractivity contribution in [3.63, 3.8) is 0 Å². The van der Waals surface area contributed by atoms with Gasteiger partial charge in [-0.25, -0.2) is 0 Å². The lowest BCUT2D eigenvalue weighted by Crippen LogP contribution is -2.15. The molecule has 0 aliphatic rings. The minimum Gasteiger partial charge on any atom is -0.276 e. The molecule has 3 nitrogen and oxygen atoms in total. The zero-order valence-electron chi connectivity index (χ0n) is 18.0. The van der Waals surface area contributed by atoms with Crippen LogP contribution < -0.4 is 0 Å². The molecule has 0 aromatic carbocycles. The van der Waals surface area contributed by atoms with Crippen molar-refractivity contribution in [2.45, 2.75) is 142 Å². The van der Waals surface area contributed by atoms with E-state index in [2.05, 4.69) is 6.92 Å². The van der Waals surface area contributed by atoms with E-state index in [1.54, 1.807) is 22.9 Å². The van der Waals surface area contributed by atoms with Gasteiger partial charge in [-0.3, -0.25) is 10.0 Å². The fraction of sp³-hybridized carbons (Fsp3) is 0.957. The Kier molecular flexibility index (Phi) is 22.6. The number of nitrogens with zero attached hydrogens (tertiary/aromatic N) is 1. The second-order valence-corrected chi connectivity index (χ2v) is 9.04. The highest BCUT2D eigenvalue weighted by molar-refractivity contribution is 14.1. The first-order valence-electron chi connectivity index (χ1n) is 11.9. The lowest BCUT2D eigenvalue weighted by molar-refractivity contribution is -0.141. The van der Waals surface area contributed by atoms with Crippen LogP contribution in [0, 0.1) is 0 Å². The monoisotopic (exact) mass is 495 g/mol. The Hall–Kier alpha value is 0.160. The highest BCUT2D eigenvalue weighted by Gasteiger charge is 2.05. The van der Waals surface area contributed by atoms with Gasteiger partial charge >= 0.3 is 0 Å². The normalized spacial score (nSPS) is 11.1. The maximum Gasteiger partial charge on any atom is 0.255 e. The molecule has 0 saturated carbocycles. The van der Waals surface area contributed by atoms with Crippen LogP contribution >= 0.6 is 22.9 Å². The Labute approximate surface area is 183 Å². The molecule has 0 aliphatic heterocycles. The van der Waals surface area contributed by atoms with Gasteiger partial charge in [-0.05, 0) is 6.42 Å². The number of unbranched alkanes of at least 4 members (excludes halogenated alkanes) is 19. The molecule has 0 bridgehead atoms. The fourth-order valence-corrected chi connectivity index (χ4v) is 3.86. The summed E-state index contributed by atoms with van der Waals surface area (Å²) in [5, 5.41) is 8.95. The number of rotatable bonds is 21. The molecule has 4 heteroatoms. The van der Waals surface area contributed by atoms with Gasteiger partial charge in [-0.2, -0.15) is 3.28 Å². The van der Waals surface area contributed by atoms with Crippen molar-refractivity contribution < 1.29 is 10.0 Å². The van der Waals surface area contributed by atoms with E-state index in [1.807, 2.05) is 0 Å². The summed E-state index contributed by atoms with van der Waals surface area (Å²) in [7, 11) is 0. The molecule has 1 amide bonds. The second kappa shape index (κ2) is 22.4. The maximum absolute atomic E-state index is 11.2. The van der Waals surface area contributed by atoms with E-state index < -0.39 is 0 Å². The lowest BCUT2D eigenvalue weighted by Gasteiger charge is -2.05. The van der Waals surface area contributed by atoms with Crippen molar-refractivity contribution >= 4 is 28.8 Å². The maximum atomic E-state index is 11.2. The largest absolute Gasteiger partial charge is 0.276 e. The third kappa shape index (κ3) is 22.3. The quantitative estimate of drug-likeness (QED) is 0.0568. The Morgan fingerprint density at radius 3 is 1.11 bits per heavy atom. The van der Waals surface area contributed by atoms with Gasteiger partial charge in [0.05, 0.1) is 22.9 Å². The van der Waals surface area contributed by atoms with Gasteiger partial charge in [0, 0.05) is 6.42 Å². The van der Waals surface area contributed by atoms with E-state index in [0.29, 0.717) is 9.70 Å². The summed E-state index contributed by atoms with van der Waals surface area (Å²) in [5.41, 5.74) is 0. The first kappa shape index (κ1) is 27.2. The van der Waals surface area contributed by atoms with Crippen molar-refractivity contribution in [2.24, 2.45) is 0 Å². The molecule has 0 aromatic heterocycles. The van der Waals surface area contributed by atoms with E-state index in [0.717, 1.165) is 12.8 Å². The summed E-state index contributed by atoms with van der Waals surface area (Å²) in [6.45, 7) is 2.29. The van der Waals surface area contributed by atoms with E-state index in [9.17, 15) is 4.79 Å². The fourth-order valence-electron chi connectivity index (χ4n) is 3.62. The molecule has 162 valence electrons. The Bertz CT molecular complexity index is 311. The van der Waals surface area contributed by atoms with Crippen LogP contribution in [0.2, 0.25) is 0 Å². The van der Waals surface area contributed by atoms with Crippen LogP contribution in [0.3, 0.4) is 0 Å². The zero-order valence-corrected chi connectivity index (χ0v) is 20.2. The number of carbonyl (C=O) groups is 1. The van der Waals surface area contributed by atoms with Gasteiger partial charge in [0.1, 0.15) is 0 Å². The second-order valence-electron chi connectivity index (χ2n) is 8.12. The minimum atomic E-state index is -0.182. The van der Waals surface area contributed by atoms with Crippen molar-refractivity contribution in [1.29, 1.82) is 0 Å². The van der Waals surface area contributed by atoms with Gasteiger partial charge in [0.25, 0.3) is 5.91 Å². The van der Waals surface area contributed by atoms with Crippen LogP contribution in [-0.2, 0) is 4.79 Å². The van der Waals surface area contributed by atoms with Crippen LogP contribution in [-0.4, -0.2) is 14.4 Å².